The van der Waals surface area contributed by atoms with Gasteiger partial charge in [-0.3, -0.25) is 0 Å². The molecule has 0 aromatic heterocycles. The molecule has 0 bridgehead atoms. The number of piperazine rings is 1. The molecule has 0 spiro atoms. The Morgan fingerprint density at radius 3 is 2.58 bits per heavy atom. The summed E-state index contributed by atoms with van der Waals surface area (Å²) in [6.45, 7) is 8.94. The van der Waals surface area contributed by atoms with Crippen LogP contribution in [-0.2, 0) is 0 Å². The van der Waals surface area contributed by atoms with Crippen LogP contribution in [0.5, 0.6) is 0 Å². The Balaban J connectivity index is 1.82. The summed E-state index contributed by atoms with van der Waals surface area (Å²) in [5, 5.41) is 3.56. The summed E-state index contributed by atoms with van der Waals surface area (Å²) in [7, 11) is 2.19. The van der Waals surface area contributed by atoms with Crippen LogP contribution in [0.3, 0.4) is 0 Å². The Bertz CT molecular complexity index is 497. The highest BCUT2D eigenvalue weighted by atomic mass is 15.2. The van der Waals surface area contributed by atoms with Crippen LogP contribution in [0.15, 0.2) is 24.3 Å². The van der Waals surface area contributed by atoms with Gasteiger partial charge >= 0.3 is 0 Å². The minimum absolute atomic E-state index is 0.0579. The quantitative estimate of drug-likeness (QED) is 0.834. The first-order valence-electron chi connectivity index (χ1n) is 7.08. The van der Waals surface area contributed by atoms with E-state index < -0.39 is 0 Å². The summed E-state index contributed by atoms with van der Waals surface area (Å²) in [5.41, 5.74) is 3.95. The number of benzene rings is 1. The maximum absolute atomic E-state index is 3.56. The van der Waals surface area contributed by atoms with Gasteiger partial charge < -0.3 is 15.1 Å². The van der Waals surface area contributed by atoms with E-state index in [-0.39, 0.29) is 5.54 Å². The van der Waals surface area contributed by atoms with Gasteiger partial charge in [-0.1, -0.05) is 12.2 Å². The molecule has 1 aromatic carbocycles. The zero-order valence-electron chi connectivity index (χ0n) is 12.1. The van der Waals surface area contributed by atoms with E-state index in [4.69, 9.17) is 0 Å². The van der Waals surface area contributed by atoms with Crippen molar-refractivity contribution in [1.82, 2.24) is 4.90 Å². The lowest BCUT2D eigenvalue weighted by Gasteiger charge is -2.35. The van der Waals surface area contributed by atoms with Crippen molar-refractivity contribution in [3.05, 3.63) is 29.8 Å². The standard InChI is InChI=1S/C16H23N3/c1-16(2)7-6-13-12-14(4-5-15(13)17-16)19-10-8-18(3)9-11-19/h4-7,12,17H,8-11H2,1-3H3. The van der Waals surface area contributed by atoms with E-state index in [0.717, 1.165) is 26.2 Å². The van der Waals surface area contributed by atoms with Crippen molar-refractivity contribution < 1.29 is 0 Å². The van der Waals surface area contributed by atoms with Crippen LogP contribution < -0.4 is 10.2 Å². The fourth-order valence-corrected chi connectivity index (χ4v) is 2.75. The molecule has 0 amide bonds. The molecule has 2 heterocycles. The van der Waals surface area contributed by atoms with Crippen LogP contribution in [0.25, 0.3) is 6.08 Å². The molecule has 3 heteroatoms. The van der Waals surface area contributed by atoms with Crippen molar-refractivity contribution >= 4 is 17.5 Å². The molecule has 3 nitrogen and oxygen atoms in total. The van der Waals surface area contributed by atoms with E-state index in [0.29, 0.717) is 0 Å². The molecule has 102 valence electrons. The highest BCUT2D eigenvalue weighted by Gasteiger charge is 2.20. The smallest absolute Gasteiger partial charge is 0.0503 e. The Kier molecular flexibility index (Phi) is 3.02. The number of fused-ring (bicyclic) bond motifs is 1. The fourth-order valence-electron chi connectivity index (χ4n) is 2.75. The molecule has 0 aliphatic carbocycles. The van der Waals surface area contributed by atoms with Crippen LogP contribution in [0, 0.1) is 0 Å². The average Bonchev–Trinajstić information content (AvgIpc) is 2.38. The zero-order chi connectivity index (χ0) is 13.5. The third-order valence-electron chi connectivity index (χ3n) is 4.04. The van der Waals surface area contributed by atoms with Gasteiger partial charge in [-0.05, 0) is 44.7 Å². The van der Waals surface area contributed by atoms with Gasteiger partial charge in [0.25, 0.3) is 0 Å². The van der Waals surface area contributed by atoms with E-state index in [1.807, 2.05) is 0 Å². The maximum Gasteiger partial charge on any atom is 0.0503 e. The van der Waals surface area contributed by atoms with Gasteiger partial charge in [0.2, 0.25) is 0 Å². The minimum atomic E-state index is 0.0579. The van der Waals surface area contributed by atoms with Crippen LogP contribution in [0.1, 0.15) is 19.4 Å². The van der Waals surface area contributed by atoms with Crippen molar-refractivity contribution in [3.8, 4) is 0 Å². The predicted octanol–water partition coefficient (Wildman–Crippen LogP) is 2.66. The van der Waals surface area contributed by atoms with E-state index in [2.05, 4.69) is 66.4 Å². The topological polar surface area (TPSA) is 18.5 Å². The number of likely N-dealkylation sites (N-methyl/N-ethyl adjacent to an activating group) is 1. The molecule has 2 aliphatic heterocycles. The maximum atomic E-state index is 3.56. The summed E-state index contributed by atoms with van der Waals surface area (Å²) in [4.78, 5) is 4.87. The first-order chi connectivity index (χ1) is 9.03. The highest BCUT2D eigenvalue weighted by molar-refractivity contribution is 5.75. The lowest BCUT2D eigenvalue weighted by molar-refractivity contribution is 0.313. The Labute approximate surface area is 115 Å². The summed E-state index contributed by atoms with van der Waals surface area (Å²) < 4.78 is 0. The van der Waals surface area contributed by atoms with Crippen molar-refractivity contribution in [2.24, 2.45) is 0 Å². The first kappa shape index (κ1) is 12.5. The molecule has 1 fully saturated rings. The molecule has 2 aliphatic rings. The SMILES string of the molecule is CN1CCN(c2ccc3c(c2)C=CC(C)(C)N3)CC1. The fraction of sp³-hybridized carbons (Fsp3) is 0.500. The Morgan fingerprint density at radius 1 is 1.11 bits per heavy atom. The molecule has 0 atom stereocenters. The molecule has 3 rings (SSSR count). The number of hydrogen-bond donors (Lipinski definition) is 1. The van der Waals surface area contributed by atoms with E-state index in [1.54, 1.807) is 0 Å². The van der Waals surface area contributed by atoms with Gasteiger partial charge in [-0.2, -0.15) is 0 Å². The number of rotatable bonds is 1. The lowest BCUT2D eigenvalue weighted by Crippen LogP contribution is -2.44. The van der Waals surface area contributed by atoms with Gasteiger partial charge in [-0.15, -0.1) is 0 Å². The van der Waals surface area contributed by atoms with Crippen molar-refractivity contribution in [2.75, 3.05) is 43.4 Å². The highest BCUT2D eigenvalue weighted by Crippen LogP contribution is 2.31. The first-order valence-corrected chi connectivity index (χ1v) is 7.08. The normalized spacial score (nSPS) is 21.9. The van der Waals surface area contributed by atoms with Gasteiger partial charge in [0, 0.05) is 37.6 Å². The third kappa shape index (κ3) is 2.61. The molecular weight excluding hydrogens is 234 g/mol. The lowest BCUT2D eigenvalue weighted by atomic mass is 9.96. The molecule has 1 N–H and O–H groups in total. The second-order valence-corrected chi connectivity index (χ2v) is 6.24. The minimum Gasteiger partial charge on any atom is -0.376 e. The van der Waals surface area contributed by atoms with Crippen molar-refractivity contribution in [1.29, 1.82) is 0 Å². The van der Waals surface area contributed by atoms with Crippen molar-refractivity contribution in [2.45, 2.75) is 19.4 Å². The number of nitrogens with zero attached hydrogens (tertiary/aromatic N) is 2. The Hall–Kier alpha value is -1.48. The third-order valence-corrected chi connectivity index (χ3v) is 4.04. The van der Waals surface area contributed by atoms with Crippen molar-refractivity contribution in [3.63, 3.8) is 0 Å². The molecule has 0 saturated carbocycles. The van der Waals surface area contributed by atoms with Gasteiger partial charge in [-0.25, -0.2) is 0 Å². The molecular formula is C16H23N3. The Morgan fingerprint density at radius 2 is 1.84 bits per heavy atom. The number of hydrogen-bond acceptors (Lipinski definition) is 3. The predicted molar refractivity (Wildman–Crippen MR) is 82.9 cm³/mol. The molecule has 0 radical (unpaired) electrons. The molecule has 1 saturated heterocycles. The van der Waals surface area contributed by atoms with Crippen LogP contribution >= 0.6 is 0 Å². The van der Waals surface area contributed by atoms with Crippen LogP contribution in [-0.4, -0.2) is 43.7 Å². The second kappa shape index (κ2) is 4.57. The average molecular weight is 257 g/mol. The summed E-state index contributed by atoms with van der Waals surface area (Å²) >= 11 is 0. The number of anilines is 2. The summed E-state index contributed by atoms with van der Waals surface area (Å²) in [5.74, 6) is 0. The van der Waals surface area contributed by atoms with Crippen LogP contribution in [0.4, 0.5) is 11.4 Å². The van der Waals surface area contributed by atoms with E-state index in [9.17, 15) is 0 Å². The molecule has 19 heavy (non-hydrogen) atoms. The number of nitrogens with one attached hydrogen (secondary N) is 1. The zero-order valence-corrected chi connectivity index (χ0v) is 12.1. The largest absolute Gasteiger partial charge is 0.376 e. The van der Waals surface area contributed by atoms with Gasteiger partial charge in [0.15, 0.2) is 0 Å². The molecule has 0 unspecified atom stereocenters. The summed E-state index contributed by atoms with van der Waals surface area (Å²) in [6, 6.07) is 6.76. The monoisotopic (exact) mass is 257 g/mol. The van der Waals surface area contributed by atoms with Gasteiger partial charge in [0.1, 0.15) is 0 Å². The van der Waals surface area contributed by atoms with E-state index in [1.165, 1.54) is 16.9 Å². The van der Waals surface area contributed by atoms with Crippen LogP contribution in [0.2, 0.25) is 0 Å². The molecule has 1 aromatic rings. The van der Waals surface area contributed by atoms with E-state index >= 15 is 0 Å². The second-order valence-electron chi connectivity index (χ2n) is 6.24. The van der Waals surface area contributed by atoms with Gasteiger partial charge in [0.05, 0.1) is 5.54 Å². The summed E-state index contributed by atoms with van der Waals surface area (Å²) in [6.07, 6.45) is 4.48.